The van der Waals surface area contributed by atoms with Crippen LogP contribution in [0.3, 0.4) is 0 Å². The van der Waals surface area contributed by atoms with Crippen molar-refractivity contribution in [1.82, 2.24) is 9.38 Å². The second-order valence-corrected chi connectivity index (χ2v) is 3.15. The average Bonchev–Trinajstić information content (AvgIpc) is 2.63. The van der Waals surface area contributed by atoms with E-state index in [4.69, 9.17) is 9.84 Å². The molecule has 0 aliphatic heterocycles. The smallest absolute Gasteiger partial charge is 0.354 e. The minimum atomic E-state index is -1.00. The molecule has 0 radical (unpaired) electrons. The number of nitrogens with zero attached hydrogens (tertiary/aromatic N) is 2. The van der Waals surface area contributed by atoms with Gasteiger partial charge in [0.25, 0.3) is 0 Å². The van der Waals surface area contributed by atoms with E-state index in [1.165, 1.54) is 13.3 Å². The lowest BCUT2D eigenvalue weighted by Gasteiger charge is -2.05. The van der Waals surface area contributed by atoms with E-state index in [1.807, 2.05) is 6.92 Å². The lowest BCUT2D eigenvalue weighted by Crippen LogP contribution is -2.04. The molecule has 78 valence electrons. The minimum absolute atomic E-state index is 0.140. The number of aryl methyl sites for hydroxylation is 1. The highest BCUT2D eigenvalue weighted by Crippen LogP contribution is 2.21. The summed E-state index contributed by atoms with van der Waals surface area (Å²) in [6, 6.07) is 3.56. The molecule has 15 heavy (non-hydrogen) atoms. The molecule has 0 fully saturated rings. The fourth-order valence-electron chi connectivity index (χ4n) is 1.54. The highest BCUT2D eigenvalue weighted by atomic mass is 16.5. The molecule has 0 amide bonds. The summed E-state index contributed by atoms with van der Waals surface area (Å²) in [5.41, 5.74) is 1.47. The second kappa shape index (κ2) is 3.27. The van der Waals surface area contributed by atoms with Crippen LogP contribution in [0.15, 0.2) is 18.3 Å². The Hall–Kier alpha value is -2.04. The molecule has 0 unspecified atom stereocenters. The number of methoxy groups -OCH3 is 1. The summed E-state index contributed by atoms with van der Waals surface area (Å²) in [6.45, 7) is 1.82. The number of hydrogen-bond donors (Lipinski definition) is 1. The van der Waals surface area contributed by atoms with Gasteiger partial charge in [0.15, 0.2) is 17.1 Å². The number of carbonyl (C=O) groups is 1. The van der Waals surface area contributed by atoms with Crippen LogP contribution in [0, 0.1) is 6.92 Å². The quantitative estimate of drug-likeness (QED) is 0.805. The third-order valence-electron chi connectivity index (χ3n) is 2.25. The monoisotopic (exact) mass is 206 g/mol. The molecule has 0 aliphatic carbocycles. The summed E-state index contributed by atoms with van der Waals surface area (Å²) in [6.07, 6.45) is 1.33. The van der Waals surface area contributed by atoms with Crippen LogP contribution in [0.4, 0.5) is 0 Å². The summed E-state index contributed by atoms with van der Waals surface area (Å²) in [7, 11) is 1.53. The molecule has 5 heteroatoms. The topological polar surface area (TPSA) is 63.8 Å². The van der Waals surface area contributed by atoms with Gasteiger partial charge >= 0.3 is 5.97 Å². The maximum Gasteiger partial charge on any atom is 0.354 e. The van der Waals surface area contributed by atoms with Crippen molar-refractivity contribution >= 4 is 11.6 Å². The van der Waals surface area contributed by atoms with Crippen molar-refractivity contribution in [3.05, 3.63) is 29.7 Å². The Labute approximate surface area is 85.9 Å². The Morgan fingerprint density at radius 2 is 2.27 bits per heavy atom. The summed E-state index contributed by atoms with van der Waals surface area (Å²) < 4.78 is 6.66. The molecule has 0 bridgehead atoms. The van der Waals surface area contributed by atoms with E-state index in [1.54, 1.807) is 16.5 Å². The van der Waals surface area contributed by atoms with E-state index in [2.05, 4.69) is 4.98 Å². The maximum absolute atomic E-state index is 10.9. The van der Waals surface area contributed by atoms with Crippen LogP contribution in [-0.4, -0.2) is 27.6 Å². The van der Waals surface area contributed by atoms with E-state index in [9.17, 15) is 4.79 Å². The maximum atomic E-state index is 10.9. The molecule has 2 aromatic heterocycles. The van der Waals surface area contributed by atoms with E-state index in [-0.39, 0.29) is 5.69 Å². The normalized spacial score (nSPS) is 10.5. The molecular weight excluding hydrogens is 196 g/mol. The first-order valence-corrected chi connectivity index (χ1v) is 4.39. The number of aromatic nitrogens is 2. The Balaban J connectivity index is 2.84. The van der Waals surface area contributed by atoms with Gasteiger partial charge in [-0.05, 0) is 19.1 Å². The summed E-state index contributed by atoms with van der Waals surface area (Å²) >= 11 is 0. The Kier molecular flexibility index (Phi) is 2.07. The first kappa shape index (κ1) is 9.51. The molecular formula is C10H10N2O3. The van der Waals surface area contributed by atoms with Gasteiger partial charge in [0, 0.05) is 5.69 Å². The van der Waals surface area contributed by atoms with Gasteiger partial charge in [0.05, 0.1) is 13.3 Å². The summed E-state index contributed by atoms with van der Waals surface area (Å²) in [5, 5.41) is 8.96. The molecule has 0 saturated carbocycles. The van der Waals surface area contributed by atoms with Gasteiger partial charge < -0.3 is 9.84 Å². The zero-order chi connectivity index (χ0) is 11.0. The predicted octanol–water partition coefficient (Wildman–Crippen LogP) is 1.35. The van der Waals surface area contributed by atoms with Crippen molar-refractivity contribution in [3.8, 4) is 5.75 Å². The van der Waals surface area contributed by atoms with Gasteiger partial charge in [0.1, 0.15) is 0 Å². The van der Waals surface area contributed by atoms with Crippen molar-refractivity contribution < 1.29 is 14.6 Å². The van der Waals surface area contributed by atoms with Crippen LogP contribution >= 0.6 is 0 Å². The Morgan fingerprint density at radius 3 is 2.87 bits per heavy atom. The van der Waals surface area contributed by atoms with Crippen LogP contribution in [0.1, 0.15) is 16.2 Å². The van der Waals surface area contributed by atoms with Crippen LogP contribution in [0.2, 0.25) is 0 Å². The van der Waals surface area contributed by atoms with E-state index in [0.29, 0.717) is 11.4 Å². The molecule has 0 aliphatic rings. The number of aromatic carboxylic acids is 1. The molecule has 0 aromatic carbocycles. The lowest BCUT2D eigenvalue weighted by atomic mass is 10.3. The first-order chi connectivity index (χ1) is 7.15. The van der Waals surface area contributed by atoms with Crippen molar-refractivity contribution in [2.75, 3.05) is 7.11 Å². The van der Waals surface area contributed by atoms with Crippen LogP contribution in [0.25, 0.3) is 5.65 Å². The van der Waals surface area contributed by atoms with Crippen LogP contribution in [-0.2, 0) is 0 Å². The molecule has 0 spiro atoms. The van der Waals surface area contributed by atoms with E-state index >= 15 is 0 Å². The number of ether oxygens (including phenoxy) is 1. The second-order valence-electron chi connectivity index (χ2n) is 3.15. The fraction of sp³-hybridized carbons (Fsp3) is 0.200. The summed E-state index contributed by atoms with van der Waals surface area (Å²) in [4.78, 5) is 15.0. The standard InChI is InChI=1S/C10H10N2O3/c1-6-3-4-8(15-2)9-11-5-7(10(13)14)12(6)9/h3-5H,1-2H3,(H,13,14). The van der Waals surface area contributed by atoms with Crippen LogP contribution in [0.5, 0.6) is 5.75 Å². The van der Waals surface area contributed by atoms with Crippen molar-refractivity contribution in [2.24, 2.45) is 0 Å². The third-order valence-corrected chi connectivity index (χ3v) is 2.25. The van der Waals surface area contributed by atoms with Gasteiger partial charge in [-0.25, -0.2) is 9.78 Å². The number of imidazole rings is 1. The molecule has 2 rings (SSSR count). The zero-order valence-electron chi connectivity index (χ0n) is 8.39. The van der Waals surface area contributed by atoms with E-state index in [0.717, 1.165) is 5.69 Å². The number of fused-ring (bicyclic) bond motifs is 1. The number of hydrogen-bond acceptors (Lipinski definition) is 3. The predicted molar refractivity (Wildman–Crippen MR) is 53.4 cm³/mol. The number of pyridine rings is 1. The highest BCUT2D eigenvalue weighted by Gasteiger charge is 2.14. The van der Waals surface area contributed by atoms with Gasteiger partial charge in [-0.1, -0.05) is 0 Å². The lowest BCUT2D eigenvalue weighted by molar-refractivity contribution is 0.0689. The fourth-order valence-corrected chi connectivity index (χ4v) is 1.54. The van der Waals surface area contributed by atoms with Gasteiger partial charge in [-0.2, -0.15) is 0 Å². The molecule has 2 aromatic rings. The van der Waals surface area contributed by atoms with Crippen LogP contribution < -0.4 is 4.74 Å². The van der Waals surface area contributed by atoms with Gasteiger partial charge in [0.2, 0.25) is 0 Å². The molecule has 2 heterocycles. The highest BCUT2D eigenvalue weighted by molar-refractivity contribution is 5.87. The largest absolute Gasteiger partial charge is 0.493 e. The number of carboxylic acid groups (broad SMARTS) is 1. The molecule has 0 saturated heterocycles. The molecule has 5 nitrogen and oxygen atoms in total. The van der Waals surface area contributed by atoms with E-state index < -0.39 is 5.97 Å². The third kappa shape index (κ3) is 1.32. The Bertz CT molecular complexity index is 531. The minimum Gasteiger partial charge on any atom is -0.493 e. The zero-order valence-corrected chi connectivity index (χ0v) is 8.39. The van der Waals surface area contributed by atoms with Gasteiger partial charge in [-0.3, -0.25) is 4.40 Å². The Morgan fingerprint density at radius 1 is 1.53 bits per heavy atom. The van der Waals surface area contributed by atoms with Crippen molar-refractivity contribution in [2.45, 2.75) is 6.92 Å². The summed E-state index contributed by atoms with van der Waals surface area (Å²) in [5.74, 6) is -0.438. The SMILES string of the molecule is COc1ccc(C)n2c(C(=O)O)cnc12. The molecule has 0 atom stereocenters. The number of rotatable bonds is 2. The van der Waals surface area contributed by atoms with Crippen molar-refractivity contribution in [1.29, 1.82) is 0 Å². The first-order valence-electron chi connectivity index (χ1n) is 4.39. The average molecular weight is 206 g/mol. The number of carboxylic acids is 1. The van der Waals surface area contributed by atoms with Crippen molar-refractivity contribution in [3.63, 3.8) is 0 Å². The van der Waals surface area contributed by atoms with Gasteiger partial charge in [-0.15, -0.1) is 0 Å². The molecule has 1 N–H and O–H groups in total.